The fourth-order valence-corrected chi connectivity index (χ4v) is 4.94. The summed E-state index contributed by atoms with van der Waals surface area (Å²) in [6.45, 7) is 15.0. The average Bonchev–Trinajstić information content (AvgIpc) is 3.20. The first-order valence-electron chi connectivity index (χ1n) is 13.3. The van der Waals surface area contributed by atoms with Crippen LogP contribution in [0.1, 0.15) is 114 Å². The molecule has 0 aliphatic heterocycles. The van der Waals surface area contributed by atoms with Crippen molar-refractivity contribution < 1.29 is 27.8 Å². The zero-order valence-corrected chi connectivity index (χ0v) is 22.3. The summed E-state index contributed by atoms with van der Waals surface area (Å²) >= 11 is 0. The van der Waals surface area contributed by atoms with Crippen LogP contribution in [0.5, 0.6) is 0 Å². The molecule has 2 unspecified atom stereocenters. The number of halogens is 3. The molecule has 6 heteroatoms. The number of hydrogen-bond donors (Lipinski definition) is 1. The highest BCUT2D eigenvalue weighted by Crippen LogP contribution is 2.37. The predicted molar refractivity (Wildman–Crippen MR) is 135 cm³/mol. The van der Waals surface area contributed by atoms with Crippen molar-refractivity contribution in [2.24, 2.45) is 0 Å². The third kappa shape index (κ3) is 10.2. The van der Waals surface area contributed by atoms with Gasteiger partial charge in [-0.05, 0) is 55.2 Å². The summed E-state index contributed by atoms with van der Waals surface area (Å²) in [6, 6.07) is 5.13. The maximum atomic E-state index is 12.8. The number of benzene rings is 1. The van der Waals surface area contributed by atoms with E-state index in [4.69, 9.17) is 4.74 Å². The lowest BCUT2D eigenvalue weighted by Gasteiger charge is -2.39. The van der Waals surface area contributed by atoms with Gasteiger partial charge in [-0.3, -0.25) is 0 Å². The number of aliphatic hydroxyl groups excluding tert-OH is 1. The van der Waals surface area contributed by atoms with E-state index in [2.05, 4.69) is 27.7 Å². The Hall–Kier alpha value is -1.11. The monoisotopic (exact) mass is 489 g/mol. The number of rotatable bonds is 15. The second-order valence-electron chi connectivity index (χ2n) is 9.61. The second kappa shape index (κ2) is 18.2. The van der Waals surface area contributed by atoms with E-state index in [1.807, 2.05) is 0 Å². The highest BCUT2D eigenvalue weighted by Gasteiger charge is 2.30. The van der Waals surface area contributed by atoms with Crippen LogP contribution in [0, 0.1) is 0 Å². The van der Waals surface area contributed by atoms with Crippen LogP contribution < -0.4 is 4.70 Å². The molecule has 1 aromatic rings. The van der Waals surface area contributed by atoms with Crippen molar-refractivity contribution in [1.29, 1.82) is 0 Å². The third-order valence-corrected chi connectivity index (χ3v) is 7.01. The summed E-state index contributed by atoms with van der Waals surface area (Å²) in [5.74, 6) is 0. The Morgan fingerprint density at radius 3 is 1.76 bits per heavy atom. The van der Waals surface area contributed by atoms with E-state index in [1.54, 1.807) is 18.2 Å². The highest BCUT2D eigenvalue weighted by molar-refractivity contribution is 5.41. The molecular weight excluding hydrogens is 439 g/mol. The zero-order valence-electron chi connectivity index (χ0n) is 22.3. The molecule has 1 N–H and O–H groups in total. The van der Waals surface area contributed by atoms with Crippen LogP contribution in [-0.2, 0) is 11.2 Å². The number of alkyl halides is 2. The van der Waals surface area contributed by atoms with Gasteiger partial charge in [-0.25, -0.2) is 8.78 Å². The van der Waals surface area contributed by atoms with Gasteiger partial charge < -0.3 is 19.0 Å². The number of aliphatic hydroxyl groups is 1. The van der Waals surface area contributed by atoms with E-state index in [-0.39, 0.29) is 4.70 Å². The van der Waals surface area contributed by atoms with Gasteiger partial charge >= 0.3 is 0 Å². The molecule has 1 aliphatic rings. The van der Waals surface area contributed by atoms with E-state index < -0.39 is 18.6 Å². The molecule has 34 heavy (non-hydrogen) atoms. The number of nitrogens with zero attached hydrogens (tertiary/aromatic N) is 1. The van der Waals surface area contributed by atoms with Crippen molar-refractivity contribution in [3.05, 3.63) is 34.9 Å². The predicted octanol–water partition coefficient (Wildman–Crippen LogP) is 4.63. The number of methoxy groups -OCH3 is 1. The van der Waals surface area contributed by atoms with E-state index >= 15 is 0 Å². The average molecular weight is 490 g/mol. The Morgan fingerprint density at radius 2 is 1.38 bits per heavy atom. The van der Waals surface area contributed by atoms with Crippen molar-refractivity contribution in [2.45, 2.75) is 111 Å². The molecule has 1 aromatic carbocycles. The van der Waals surface area contributed by atoms with Gasteiger partial charge in [0.05, 0.1) is 32.3 Å². The van der Waals surface area contributed by atoms with Gasteiger partial charge in [0.1, 0.15) is 6.10 Å². The maximum Gasteiger partial charge on any atom is 0.268 e. The summed E-state index contributed by atoms with van der Waals surface area (Å²) in [5, 5.41) is 9.67. The number of unbranched alkanes of at least 4 members (excludes halogenated alkanes) is 4. The van der Waals surface area contributed by atoms with Crippen LogP contribution in [0.15, 0.2) is 18.2 Å². The van der Waals surface area contributed by atoms with Gasteiger partial charge in [0.15, 0.2) is 0 Å². The minimum absolute atomic E-state index is 0. The molecule has 2 rings (SSSR count). The Morgan fingerprint density at radius 1 is 0.912 bits per heavy atom. The van der Waals surface area contributed by atoms with Crippen LogP contribution in [-0.4, -0.2) is 49.3 Å². The standard InChI is InChI=1S/C16H36N.C12H14F2O2.FH/c1-5-9-13-17(14-10-6-2,15-11-7-3)16-12-8-4;1-16-11(12(13)14)9-4-2-3-8-7(9)5-6-10(8)15;/h5-16H2,1-4H3;2-4,10-12,15H,5-6H2,1H3;1H/q+1;;/p-1. The molecule has 0 fully saturated rings. The van der Waals surface area contributed by atoms with Gasteiger partial charge in [-0.1, -0.05) is 71.6 Å². The molecule has 0 saturated heterocycles. The molecule has 0 bridgehead atoms. The summed E-state index contributed by atoms with van der Waals surface area (Å²) in [5.41, 5.74) is 2.09. The molecule has 0 radical (unpaired) electrons. The van der Waals surface area contributed by atoms with Crippen LogP contribution in [0.4, 0.5) is 8.78 Å². The quantitative estimate of drug-likeness (QED) is 0.364. The molecule has 3 nitrogen and oxygen atoms in total. The summed E-state index contributed by atoms with van der Waals surface area (Å²) in [4.78, 5) is 0. The minimum atomic E-state index is -2.55. The Labute approximate surface area is 206 Å². The largest absolute Gasteiger partial charge is 1.00 e. The molecule has 0 aromatic heterocycles. The van der Waals surface area contributed by atoms with E-state index in [1.165, 1.54) is 89.1 Å². The molecule has 1 aliphatic carbocycles. The van der Waals surface area contributed by atoms with Crippen LogP contribution >= 0.6 is 0 Å². The van der Waals surface area contributed by atoms with Crippen LogP contribution in [0.25, 0.3) is 0 Å². The number of ether oxygens (including phenoxy) is 1. The maximum absolute atomic E-state index is 12.8. The van der Waals surface area contributed by atoms with E-state index in [9.17, 15) is 13.9 Å². The van der Waals surface area contributed by atoms with E-state index in [0.717, 1.165) is 11.1 Å². The van der Waals surface area contributed by atoms with Crippen LogP contribution in [0.2, 0.25) is 0 Å². The summed E-state index contributed by atoms with van der Waals surface area (Å²) < 4.78 is 31.8. The fraction of sp³-hybridized carbons (Fsp3) is 0.786. The lowest BCUT2D eigenvalue weighted by Crippen LogP contribution is -3.00. The summed E-state index contributed by atoms with van der Waals surface area (Å²) in [6.07, 6.45) is 8.04. The Kier molecular flexibility index (Phi) is 17.6. The van der Waals surface area contributed by atoms with Gasteiger partial charge in [-0.15, -0.1) is 0 Å². The van der Waals surface area contributed by atoms with Gasteiger partial charge in [0.2, 0.25) is 0 Å². The van der Waals surface area contributed by atoms with Crippen molar-refractivity contribution in [1.82, 2.24) is 0 Å². The molecule has 2 atom stereocenters. The first-order chi connectivity index (χ1) is 15.9. The Balaban J connectivity index is 0.000000622. The first-order valence-corrected chi connectivity index (χ1v) is 13.3. The normalized spacial score (nSPS) is 16.0. The molecular formula is C28H50F3NO2. The third-order valence-electron chi connectivity index (χ3n) is 7.01. The van der Waals surface area contributed by atoms with Gasteiger partial charge in [0.25, 0.3) is 6.43 Å². The smallest absolute Gasteiger partial charge is 0.268 e. The number of hydrogen-bond acceptors (Lipinski definition) is 2. The van der Waals surface area contributed by atoms with Crippen molar-refractivity contribution >= 4 is 0 Å². The fourth-order valence-electron chi connectivity index (χ4n) is 4.94. The lowest BCUT2D eigenvalue weighted by atomic mass is 9.99. The van der Waals surface area contributed by atoms with Crippen molar-refractivity contribution in [2.75, 3.05) is 33.3 Å². The highest BCUT2D eigenvalue weighted by atomic mass is 19.3. The minimum Gasteiger partial charge on any atom is -1.00 e. The molecule has 0 amide bonds. The van der Waals surface area contributed by atoms with Gasteiger partial charge in [0, 0.05) is 7.11 Å². The van der Waals surface area contributed by atoms with Crippen LogP contribution in [0.3, 0.4) is 0 Å². The van der Waals surface area contributed by atoms with Crippen molar-refractivity contribution in [3.8, 4) is 0 Å². The van der Waals surface area contributed by atoms with Crippen molar-refractivity contribution in [3.63, 3.8) is 0 Å². The van der Waals surface area contributed by atoms with E-state index in [0.29, 0.717) is 18.4 Å². The second-order valence-corrected chi connectivity index (χ2v) is 9.61. The molecule has 0 saturated carbocycles. The lowest BCUT2D eigenvalue weighted by molar-refractivity contribution is -0.929. The number of quaternary nitrogens is 1. The van der Waals surface area contributed by atoms with Gasteiger partial charge in [-0.2, -0.15) is 0 Å². The molecule has 200 valence electrons. The number of fused-ring (bicyclic) bond motifs is 1. The summed E-state index contributed by atoms with van der Waals surface area (Å²) in [7, 11) is 1.28. The Bertz CT molecular complexity index is 605. The topological polar surface area (TPSA) is 29.5 Å². The SMILES string of the molecule is CCCC[N+](CCCC)(CCCC)CCCC.COC(c1cccc2c1CCC2O)C(F)F.[F-]. The molecule has 0 spiro atoms. The zero-order chi connectivity index (χ0) is 24.7. The molecule has 0 heterocycles. The first kappa shape index (κ1) is 32.9.